The summed E-state index contributed by atoms with van der Waals surface area (Å²) < 4.78 is 77.6. The van der Waals surface area contributed by atoms with Crippen molar-refractivity contribution in [1.82, 2.24) is 4.90 Å². The molecule has 1 atom stereocenters. The van der Waals surface area contributed by atoms with Crippen LogP contribution >= 0.6 is 15.9 Å². The molecule has 0 bridgehead atoms. The van der Waals surface area contributed by atoms with Crippen LogP contribution in [0.2, 0.25) is 0 Å². The highest BCUT2D eigenvalue weighted by Gasteiger charge is 2.61. The summed E-state index contributed by atoms with van der Waals surface area (Å²) in [7, 11) is 0. The van der Waals surface area contributed by atoms with Crippen molar-refractivity contribution in [3.8, 4) is 0 Å². The third kappa shape index (κ3) is 3.92. The van der Waals surface area contributed by atoms with Gasteiger partial charge >= 0.3 is 18.4 Å². The van der Waals surface area contributed by atoms with Gasteiger partial charge in [-0.05, 0) is 40.6 Å². The number of amides is 1. The van der Waals surface area contributed by atoms with Crippen LogP contribution in [0.5, 0.6) is 0 Å². The Morgan fingerprint density at radius 3 is 1.91 bits per heavy atom. The standard InChI is InChI=1S/C12H12BrF6NO3/c13-7(21)6-5-10(6)1-3-20(4-2-10)9(22)23-8(11(14,15)16)12(17,18)19/h6,8H,1-5H2. The van der Waals surface area contributed by atoms with E-state index in [1.54, 1.807) is 0 Å². The van der Waals surface area contributed by atoms with E-state index in [-0.39, 0.29) is 29.1 Å². The van der Waals surface area contributed by atoms with Gasteiger partial charge in [-0.15, -0.1) is 0 Å². The number of hydrogen-bond acceptors (Lipinski definition) is 3. The second-order valence-corrected chi connectivity index (χ2v) is 6.54. The molecule has 1 amide bonds. The lowest BCUT2D eigenvalue weighted by atomic mass is 9.91. The number of rotatable bonds is 2. The first-order valence-corrected chi connectivity index (χ1v) is 7.44. The zero-order valence-electron chi connectivity index (χ0n) is 11.5. The number of nitrogens with zero attached hydrogens (tertiary/aromatic N) is 1. The van der Waals surface area contributed by atoms with Gasteiger partial charge in [-0.3, -0.25) is 4.79 Å². The van der Waals surface area contributed by atoms with Crippen molar-refractivity contribution in [1.29, 1.82) is 0 Å². The monoisotopic (exact) mass is 411 g/mol. The van der Waals surface area contributed by atoms with Gasteiger partial charge in [0.05, 0.1) is 0 Å². The molecule has 11 heteroatoms. The maximum atomic E-state index is 12.4. The van der Waals surface area contributed by atoms with Crippen molar-refractivity contribution in [2.75, 3.05) is 13.1 Å². The molecule has 0 aromatic carbocycles. The lowest BCUT2D eigenvalue weighted by Gasteiger charge is -2.33. The van der Waals surface area contributed by atoms with E-state index in [9.17, 15) is 35.9 Å². The SMILES string of the molecule is O=C(Br)C1CC12CCN(C(=O)OC(C(F)(F)F)C(F)(F)F)CC2. The maximum Gasteiger partial charge on any atom is 0.434 e. The van der Waals surface area contributed by atoms with Crippen molar-refractivity contribution < 1.29 is 40.7 Å². The maximum absolute atomic E-state index is 12.4. The van der Waals surface area contributed by atoms with Gasteiger partial charge in [0.2, 0.25) is 4.69 Å². The highest BCUT2D eigenvalue weighted by molar-refractivity contribution is 9.18. The number of likely N-dealkylation sites (tertiary alicyclic amines) is 1. The second-order valence-electron chi connectivity index (χ2n) is 5.76. The quantitative estimate of drug-likeness (QED) is 0.514. The van der Waals surface area contributed by atoms with Crippen LogP contribution < -0.4 is 0 Å². The number of halogens is 7. The van der Waals surface area contributed by atoms with E-state index in [0.29, 0.717) is 19.3 Å². The summed E-state index contributed by atoms with van der Waals surface area (Å²) in [6.45, 7) is -0.0872. The third-order valence-corrected chi connectivity index (χ3v) is 4.85. The van der Waals surface area contributed by atoms with Crippen LogP contribution in [0, 0.1) is 11.3 Å². The molecule has 0 radical (unpaired) electrons. The number of alkyl halides is 6. The second kappa shape index (κ2) is 5.82. The van der Waals surface area contributed by atoms with Gasteiger partial charge < -0.3 is 9.64 Å². The normalized spacial score (nSPS) is 24.0. The highest BCUT2D eigenvalue weighted by atomic mass is 79.9. The van der Waals surface area contributed by atoms with Gasteiger partial charge in [-0.1, -0.05) is 0 Å². The summed E-state index contributed by atoms with van der Waals surface area (Å²) in [4.78, 5) is 23.6. The fraction of sp³-hybridized carbons (Fsp3) is 0.833. The summed E-state index contributed by atoms with van der Waals surface area (Å²) in [5.74, 6) is -0.209. The molecule has 0 N–H and O–H groups in total. The Bertz CT molecular complexity index is 484. The van der Waals surface area contributed by atoms with E-state index in [1.165, 1.54) is 0 Å². The summed E-state index contributed by atoms with van der Waals surface area (Å²) >= 11 is 2.84. The predicted molar refractivity (Wildman–Crippen MR) is 67.7 cm³/mol. The average Bonchev–Trinajstić information content (AvgIpc) is 3.08. The average molecular weight is 412 g/mol. The molecule has 132 valence electrons. The molecule has 2 aliphatic rings. The minimum Gasteiger partial charge on any atom is -0.426 e. The Balaban J connectivity index is 1.94. The van der Waals surface area contributed by atoms with Crippen LogP contribution in [0.15, 0.2) is 0 Å². The number of carbonyl (C=O) groups is 2. The first-order valence-electron chi connectivity index (χ1n) is 6.65. The van der Waals surface area contributed by atoms with Crippen LogP contribution in [0.1, 0.15) is 19.3 Å². The molecule has 2 fully saturated rings. The van der Waals surface area contributed by atoms with Crippen LogP contribution in [0.25, 0.3) is 0 Å². The molecule has 1 unspecified atom stereocenters. The molecule has 4 nitrogen and oxygen atoms in total. The summed E-state index contributed by atoms with van der Waals surface area (Å²) in [5, 5.41) is 0. The van der Waals surface area contributed by atoms with Crippen molar-refractivity contribution in [3.05, 3.63) is 0 Å². The number of hydrogen-bond donors (Lipinski definition) is 0. The van der Waals surface area contributed by atoms with Crippen molar-refractivity contribution in [2.45, 2.75) is 37.7 Å². The zero-order chi connectivity index (χ0) is 17.6. The molecule has 23 heavy (non-hydrogen) atoms. The van der Waals surface area contributed by atoms with E-state index in [2.05, 4.69) is 20.7 Å². The zero-order valence-corrected chi connectivity index (χ0v) is 13.1. The van der Waals surface area contributed by atoms with E-state index >= 15 is 0 Å². The molecule has 1 heterocycles. The number of piperidine rings is 1. The van der Waals surface area contributed by atoms with Crippen molar-refractivity contribution in [2.24, 2.45) is 11.3 Å². The molecular formula is C12H12BrF6NO3. The molecular weight excluding hydrogens is 400 g/mol. The first kappa shape index (κ1) is 18.3. The predicted octanol–water partition coefficient (Wildman–Crippen LogP) is 3.64. The Labute approximate surface area is 135 Å². The summed E-state index contributed by atoms with van der Waals surface area (Å²) in [6.07, 6.45) is -16.0. The molecule has 1 aliphatic carbocycles. The van der Waals surface area contributed by atoms with E-state index in [1.807, 2.05) is 0 Å². The first-order chi connectivity index (χ1) is 10.4. The minimum atomic E-state index is -5.73. The fourth-order valence-electron chi connectivity index (χ4n) is 2.85. The third-order valence-electron chi connectivity index (χ3n) is 4.29. The van der Waals surface area contributed by atoms with Gasteiger partial charge in [0.15, 0.2) is 0 Å². The highest BCUT2D eigenvalue weighted by Crippen LogP contribution is 2.60. The van der Waals surface area contributed by atoms with Crippen LogP contribution in [-0.2, 0) is 9.53 Å². The Hall–Kier alpha value is -1.00. The number of carbonyl (C=O) groups excluding carboxylic acids is 2. The molecule has 0 aromatic heterocycles. The van der Waals surface area contributed by atoms with E-state index in [0.717, 1.165) is 4.90 Å². The van der Waals surface area contributed by atoms with Crippen LogP contribution in [0.4, 0.5) is 31.1 Å². The molecule has 1 saturated heterocycles. The molecule has 1 aliphatic heterocycles. The Morgan fingerprint density at radius 1 is 1.09 bits per heavy atom. The van der Waals surface area contributed by atoms with Crippen LogP contribution in [0.3, 0.4) is 0 Å². The lowest BCUT2D eigenvalue weighted by molar-refractivity contribution is -0.308. The number of ether oxygens (including phenoxy) is 1. The largest absolute Gasteiger partial charge is 0.434 e. The van der Waals surface area contributed by atoms with Gasteiger partial charge in [-0.25, -0.2) is 4.79 Å². The summed E-state index contributed by atoms with van der Waals surface area (Å²) in [5.41, 5.74) is -0.301. The Kier molecular flexibility index (Phi) is 4.64. The van der Waals surface area contributed by atoms with Gasteiger partial charge in [-0.2, -0.15) is 26.3 Å². The van der Waals surface area contributed by atoms with Crippen molar-refractivity contribution in [3.63, 3.8) is 0 Å². The molecule has 1 saturated carbocycles. The van der Waals surface area contributed by atoms with Crippen LogP contribution in [-0.4, -0.2) is 47.2 Å². The van der Waals surface area contributed by atoms with E-state index < -0.39 is 24.5 Å². The molecule has 1 spiro atoms. The van der Waals surface area contributed by atoms with Crippen molar-refractivity contribution >= 4 is 26.7 Å². The van der Waals surface area contributed by atoms with Gasteiger partial charge in [0.25, 0.3) is 6.10 Å². The fourth-order valence-corrected chi connectivity index (χ4v) is 3.50. The molecule has 2 rings (SSSR count). The topological polar surface area (TPSA) is 46.6 Å². The van der Waals surface area contributed by atoms with Gasteiger partial charge in [0, 0.05) is 19.0 Å². The lowest BCUT2D eigenvalue weighted by Crippen LogP contribution is -2.49. The van der Waals surface area contributed by atoms with E-state index in [4.69, 9.17) is 0 Å². The Morgan fingerprint density at radius 2 is 1.57 bits per heavy atom. The summed E-state index contributed by atoms with van der Waals surface area (Å²) in [6, 6.07) is 0. The molecule has 0 aromatic rings. The minimum absolute atomic E-state index is 0.0436. The van der Waals surface area contributed by atoms with Gasteiger partial charge in [0.1, 0.15) is 0 Å². The smallest absolute Gasteiger partial charge is 0.426 e.